The Morgan fingerprint density at radius 3 is 1.76 bits per heavy atom. The van der Waals surface area contributed by atoms with E-state index < -0.39 is 41.3 Å². The van der Waals surface area contributed by atoms with Gasteiger partial charge in [0.05, 0.1) is 29.8 Å². The molecule has 268 valence electrons. The Bertz CT molecular complexity index is 1570. The maximum atomic E-state index is 13.2. The van der Waals surface area contributed by atoms with Crippen LogP contribution >= 0.6 is 0 Å². The third-order valence-corrected chi connectivity index (χ3v) is 8.43. The molecular formula is C40H50N2O8. The largest absolute Gasteiger partial charge is 0.491 e. The van der Waals surface area contributed by atoms with Gasteiger partial charge in [-0.15, -0.1) is 0 Å². The molecule has 50 heavy (non-hydrogen) atoms. The van der Waals surface area contributed by atoms with Crippen LogP contribution in [0.5, 0.6) is 5.75 Å². The fourth-order valence-electron chi connectivity index (χ4n) is 5.63. The number of ether oxygens (including phenoxy) is 1. The van der Waals surface area contributed by atoms with Crippen molar-refractivity contribution in [3.63, 3.8) is 0 Å². The number of hydrogen-bond acceptors (Lipinski definition) is 6. The summed E-state index contributed by atoms with van der Waals surface area (Å²) in [4.78, 5) is 61.7. The Balaban J connectivity index is 1.56. The molecule has 0 aliphatic rings. The molecule has 3 aromatic rings. The SMILES string of the molecule is CCCCCCCCCCCCCCCCOc1ccc(C(=O)Nc2ccc(C(=O)O)c(C(=O)O)c2)cc1NC(=O)CC(=O)c1ccccc1. The lowest BCUT2D eigenvalue weighted by Gasteiger charge is -2.15. The molecule has 0 saturated heterocycles. The summed E-state index contributed by atoms with van der Waals surface area (Å²) in [7, 11) is 0. The highest BCUT2D eigenvalue weighted by Crippen LogP contribution is 2.28. The van der Waals surface area contributed by atoms with Crippen molar-refractivity contribution in [2.45, 2.75) is 103 Å². The minimum absolute atomic E-state index is 0.0783. The average molecular weight is 687 g/mol. The van der Waals surface area contributed by atoms with E-state index in [2.05, 4.69) is 17.6 Å². The molecule has 0 bridgehead atoms. The predicted octanol–water partition coefficient (Wildman–Crippen LogP) is 9.41. The summed E-state index contributed by atoms with van der Waals surface area (Å²) in [5.74, 6) is -4.08. The molecule has 0 atom stereocenters. The third-order valence-electron chi connectivity index (χ3n) is 8.43. The standard InChI is InChI=1S/C40H50N2O8/c1-2-3-4-5-6-7-8-9-10-11-12-13-14-18-25-50-36-24-21-30(26-34(36)42-37(44)28-35(43)29-19-16-15-17-20-29)38(45)41-31-22-23-32(39(46)47)33(27-31)40(48)49/h15-17,19-24,26-27H,2-14,18,25,28H2,1H3,(H,41,45)(H,42,44)(H,46,47)(H,48,49). The quantitative estimate of drug-likeness (QED) is 0.0412. The molecule has 0 heterocycles. The van der Waals surface area contributed by atoms with Gasteiger partial charge in [0.1, 0.15) is 5.75 Å². The normalized spacial score (nSPS) is 10.7. The van der Waals surface area contributed by atoms with Gasteiger partial charge in [-0.2, -0.15) is 0 Å². The van der Waals surface area contributed by atoms with Gasteiger partial charge in [0.25, 0.3) is 5.91 Å². The first kappa shape index (κ1) is 39.4. The molecule has 3 aromatic carbocycles. The monoisotopic (exact) mass is 686 g/mol. The summed E-state index contributed by atoms with van der Waals surface area (Å²) in [5.41, 5.74) is -0.0715. The summed E-state index contributed by atoms with van der Waals surface area (Å²) in [5, 5.41) is 24.0. The number of carbonyl (C=O) groups is 5. The van der Waals surface area contributed by atoms with Gasteiger partial charge in [-0.3, -0.25) is 14.4 Å². The molecule has 0 fully saturated rings. The highest BCUT2D eigenvalue weighted by Gasteiger charge is 2.19. The zero-order valence-corrected chi connectivity index (χ0v) is 29.0. The Morgan fingerprint density at radius 2 is 1.18 bits per heavy atom. The first-order chi connectivity index (χ1) is 24.2. The van der Waals surface area contributed by atoms with Crippen LogP contribution in [0, 0.1) is 0 Å². The molecule has 4 N–H and O–H groups in total. The number of ketones is 1. The topological polar surface area (TPSA) is 159 Å². The average Bonchev–Trinajstić information content (AvgIpc) is 3.10. The third kappa shape index (κ3) is 13.9. The van der Waals surface area contributed by atoms with Crippen LogP contribution in [0.2, 0.25) is 0 Å². The minimum atomic E-state index is -1.45. The summed E-state index contributed by atoms with van der Waals surface area (Å²) in [6.45, 7) is 2.65. The number of carboxylic acid groups (broad SMARTS) is 2. The van der Waals surface area contributed by atoms with Crippen LogP contribution in [0.4, 0.5) is 11.4 Å². The Kier molecular flexibility index (Phi) is 17.3. The zero-order chi connectivity index (χ0) is 36.1. The van der Waals surface area contributed by atoms with Crippen LogP contribution in [-0.2, 0) is 4.79 Å². The van der Waals surface area contributed by atoms with Gasteiger partial charge in [-0.25, -0.2) is 9.59 Å². The van der Waals surface area contributed by atoms with Gasteiger partial charge in [0.2, 0.25) is 5.91 Å². The predicted molar refractivity (Wildman–Crippen MR) is 195 cm³/mol. The smallest absolute Gasteiger partial charge is 0.336 e. The minimum Gasteiger partial charge on any atom is -0.491 e. The maximum Gasteiger partial charge on any atom is 0.336 e. The summed E-state index contributed by atoms with van der Waals surface area (Å²) in [6, 6.07) is 16.4. The van der Waals surface area contributed by atoms with Gasteiger partial charge >= 0.3 is 11.9 Å². The van der Waals surface area contributed by atoms with Crippen LogP contribution in [0.25, 0.3) is 0 Å². The Morgan fingerprint density at radius 1 is 0.600 bits per heavy atom. The lowest BCUT2D eigenvalue weighted by molar-refractivity contribution is -0.115. The lowest BCUT2D eigenvalue weighted by Crippen LogP contribution is -2.18. The van der Waals surface area contributed by atoms with E-state index in [1.54, 1.807) is 36.4 Å². The fourth-order valence-corrected chi connectivity index (χ4v) is 5.63. The summed E-state index contributed by atoms with van der Waals surface area (Å²) < 4.78 is 6.01. The first-order valence-electron chi connectivity index (χ1n) is 17.8. The summed E-state index contributed by atoms with van der Waals surface area (Å²) in [6.07, 6.45) is 16.9. The highest BCUT2D eigenvalue weighted by molar-refractivity contribution is 6.12. The van der Waals surface area contributed by atoms with Gasteiger partial charge in [0.15, 0.2) is 5.78 Å². The number of carbonyl (C=O) groups excluding carboxylic acids is 3. The summed E-state index contributed by atoms with van der Waals surface area (Å²) >= 11 is 0. The van der Waals surface area contributed by atoms with Crippen LogP contribution in [-0.4, -0.2) is 46.4 Å². The molecule has 2 amide bonds. The number of amides is 2. The van der Waals surface area contributed by atoms with E-state index in [1.165, 1.54) is 88.8 Å². The van der Waals surface area contributed by atoms with Crippen molar-refractivity contribution in [1.82, 2.24) is 0 Å². The van der Waals surface area contributed by atoms with E-state index in [1.807, 2.05) is 0 Å². The number of Topliss-reactive ketones (excluding diaryl/α,β-unsaturated/α-hetero) is 1. The number of unbranched alkanes of at least 4 members (excludes halogenated alkanes) is 13. The van der Waals surface area contributed by atoms with Crippen molar-refractivity contribution in [1.29, 1.82) is 0 Å². The lowest BCUT2D eigenvalue weighted by atomic mass is 10.0. The number of rotatable bonds is 24. The second-order valence-corrected chi connectivity index (χ2v) is 12.5. The second-order valence-electron chi connectivity index (χ2n) is 12.5. The van der Waals surface area contributed by atoms with Crippen molar-refractivity contribution in [2.24, 2.45) is 0 Å². The van der Waals surface area contributed by atoms with E-state index >= 15 is 0 Å². The molecule has 0 aliphatic carbocycles. The van der Waals surface area contributed by atoms with Crippen LogP contribution in [0.1, 0.15) is 145 Å². The van der Waals surface area contributed by atoms with Crippen molar-refractivity contribution < 1.29 is 38.9 Å². The fraction of sp³-hybridized carbons (Fsp3) is 0.425. The molecule has 10 nitrogen and oxygen atoms in total. The molecule has 0 spiro atoms. The molecule has 10 heteroatoms. The van der Waals surface area contributed by atoms with Crippen molar-refractivity contribution in [2.75, 3.05) is 17.2 Å². The maximum absolute atomic E-state index is 13.2. The van der Waals surface area contributed by atoms with Crippen LogP contribution < -0.4 is 15.4 Å². The molecule has 0 unspecified atom stereocenters. The molecular weight excluding hydrogens is 636 g/mol. The molecule has 3 rings (SSSR count). The molecule has 0 aromatic heterocycles. The van der Waals surface area contributed by atoms with Gasteiger partial charge in [0, 0.05) is 16.8 Å². The number of hydrogen-bond donors (Lipinski definition) is 4. The number of carboxylic acids is 2. The van der Waals surface area contributed by atoms with Gasteiger partial charge in [-0.1, -0.05) is 121 Å². The van der Waals surface area contributed by atoms with Crippen LogP contribution in [0.3, 0.4) is 0 Å². The highest BCUT2D eigenvalue weighted by atomic mass is 16.5. The number of nitrogens with one attached hydrogen (secondary N) is 2. The van der Waals surface area contributed by atoms with E-state index in [9.17, 15) is 34.2 Å². The molecule has 0 aliphatic heterocycles. The number of aromatic carboxylic acids is 2. The van der Waals surface area contributed by atoms with Crippen molar-refractivity contribution in [3.8, 4) is 5.75 Å². The van der Waals surface area contributed by atoms with Gasteiger partial charge < -0.3 is 25.6 Å². The first-order valence-corrected chi connectivity index (χ1v) is 17.8. The van der Waals surface area contributed by atoms with Crippen molar-refractivity contribution in [3.05, 3.63) is 89.0 Å². The van der Waals surface area contributed by atoms with Gasteiger partial charge in [-0.05, 0) is 42.8 Å². The zero-order valence-electron chi connectivity index (χ0n) is 29.0. The Hall–Kier alpha value is -4.99. The number of anilines is 2. The molecule has 0 saturated carbocycles. The number of benzene rings is 3. The van der Waals surface area contributed by atoms with E-state index in [-0.39, 0.29) is 22.7 Å². The van der Waals surface area contributed by atoms with E-state index in [4.69, 9.17) is 4.74 Å². The van der Waals surface area contributed by atoms with Crippen molar-refractivity contribution >= 4 is 40.9 Å². The molecule has 0 radical (unpaired) electrons. The van der Waals surface area contributed by atoms with Crippen LogP contribution in [0.15, 0.2) is 66.7 Å². The Labute approximate surface area is 294 Å². The van der Waals surface area contributed by atoms with E-state index in [0.717, 1.165) is 31.4 Å². The second kappa shape index (κ2) is 21.9. The van der Waals surface area contributed by atoms with E-state index in [0.29, 0.717) is 17.9 Å².